The molecule has 0 amide bonds. The molecule has 0 fully saturated rings. The van der Waals surface area contributed by atoms with Crippen LogP contribution in [0.1, 0.15) is 26.0 Å². The van der Waals surface area contributed by atoms with Crippen molar-refractivity contribution in [2.75, 3.05) is 19.8 Å². The van der Waals surface area contributed by atoms with Crippen LogP contribution in [0, 0.1) is 0 Å². The van der Waals surface area contributed by atoms with Crippen LogP contribution >= 0.6 is 0 Å². The summed E-state index contributed by atoms with van der Waals surface area (Å²) < 4.78 is 7.45. The molecular formula is C13H23N3O. The van der Waals surface area contributed by atoms with Crippen LogP contribution < -0.4 is 5.32 Å². The molecule has 0 saturated carbocycles. The maximum absolute atomic E-state index is 5.41. The highest BCUT2D eigenvalue weighted by molar-refractivity contribution is 4.99. The zero-order valence-electron chi connectivity index (χ0n) is 10.9. The lowest BCUT2D eigenvalue weighted by Gasteiger charge is -2.08. The molecule has 4 heteroatoms. The highest BCUT2D eigenvalue weighted by atomic mass is 16.5. The van der Waals surface area contributed by atoms with Gasteiger partial charge in [0.05, 0.1) is 18.9 Å². The molecule has 0 bridgehead atoms. The molecule has 1 aromatic rings. The van der Waals surface area contributed by atoms with E-state index in [2.05, 4.69) is 30.0 Å². The predicted octanol–water partition coefficient (Wildman–Crippen LogP) is 1.98. The van der Waals surface area contributed by atoms with Gasteiger partial charge in [-0.2, -0.15) is 5.10 Å². The van der Waals surface area contributed by atoms with Crippen molar-refractivity contribution in [2.45, 2.75) is 33.4 Å². The molecule has 1 rings (SSSR count). The molecule has 17 heavy (non-hydrogen) atoms. The van der Waals surface area contributed by atoms with Crippen LogP contribution in [-0.4, -0.2) is 29.5 Å². The second-order valence-electron chi connectivity index (χ2n) is 4.23. The van der Waals surface area contributed by atoms with Gasteiger partial charge in [-0.3, -0.25) is 4.68 Å². The minimum atomic E-state index is 0.648. The molecule has 0 aliphatic rings. The average Bonchev–Trinajstić information content (AvgIpc) is 2.71. The van der Waals surface area contributed by atoms with Crippen LogP contribution in [0.5, 0.6) is 0 Å². The molecule has 96 valence electrons. The molecule has 0 aromatic carbocycles. The van der Waals surface area contributed by atoms with Gasteiger partial charge >= 0.3 is 0 Å². The van der Waals surface area contributed by atoms with Crippen molar-refractivity contribution in [3.63, 3.8) is 0 Å². The average molecular weight is 237 g/mol. The fourth-order valence-corrected chi connectivity index (χ4v) is 1.53. The van der Waals surface area contributed by atoms with Crippen LogP contribution in [0.25, 0.3) is 0 Å². The van der Waals surface area contributed by atoms with Gasteiger partial charge in [0.2, 0.25) is 0 Å². The third kappa shape index (κ3) is 5.65. The molecule has 0 atom stereocenters. The van der Waals surface area contributed by atoms with E-state index in [0.29, 0.717) is 6.61 Å². The molecule has 0 saturated heterocycles. The number of nitrogens with zero attached hydrogens (tertiary/aromatic N) is 2. The Kier molecular flexibility index (Phi) is 6.58. The number of nitrogens with one attached hydrogen (secondary N) is 1. The van der Waals surface area contributed by atoms with Crippen LogP contribution in [0.15, 0.2) is 24.4 Å². The standard InChI is InChI=1S/C13H23N3O/c1-4-8-16-13(5-6-15-16)10-14-7-9-17-11-12(2)3/h5-6,14H,2,4,7-11H2,1,3H3. The van der Waals surface area contributed by atoms with Crippen molar-refractivity contribution in [1.29, 1.82) is 0 Å². The lowest BCUT2D eigenvalue weighted by molar-refractivity contribution is 0.157. The summed E-state index contributed by atoms with van der Waals surface area (Å²) in [4.78, 5) is 0. The first-order chi connectivity index (χ1) is 8.24. The second-order valence-corrected chi connectivity index (χ2v) is 4.23. The summed E-state index contributed by atoms with van der Waals surface area (Å²) in [6.07, 6.45) is 2.96. The summed E-state index contributed by atoms with van der Waals surface area (Å²) in [7, 11) is 0. The van der Waals surface area contributed by atoms with Crippen LogP contribution in [-0.2, 0) is 17.8 Å². The van der Waals surface area contributed by atoms with E-state index in [-0.39, 0.29) is 0 Å². The molecule has 0 spiro atoms. The van der Waals surface area contributed by atoms with Gasteiger partial charge in [0.1, 0.15) is 0 Å². The maximum Gasteiger partial charge on any atom is 0.0672 e. The van der Waals surface area contributed by atoms with Crippen molar-refractivity contribution in [3.8, 4) is 0 Å². The Labute approximate surface area is 104 Å². The highest BCUT2D eigenvalue weighted by Gasteiger charge is 2.00. The van der Waals surface area contributed by atoms with Crippen LogP contribution in [0.3, 0.4) is 0 Å². The molecule has 0 aliphatic carbocycles. The van der Waals surface area contributed by atoms with Gasteiger partial charge in [-0.25, -0.2) is 0 Å². The zero-order chi connectivity index (χ0) is 12.5. The lowest BCUT2D eigenvalue weighted by atomic mass is 10.4. The van der Waals surface area contributed by atoms with E-state index in [0.717, 1.165) is 38.2 Å². The number of hydrogen-bond acceptors (Lipinski definition) is 3. The van der Waals surface area contributed by atoms with E-state index in [1.807, 2.05) is 17.8 Å². The predicted molar refractivity (Wildman–Crippen MR) is 69.9 cm³/mol. The van der Waals surface area contributed by atoms with Gasteiger partial charge in [0.25, 0.3) is 0 Å². The lowest BCUT2D eigenvalue weighted by Crippen LogP contribution is -2.21. The number of aryl methyl sites for hydroxylation is 1. The van der Waals surface area contributed by atoms with Gasteiger partial charge in [-0.15, -0.1) is 0 Å². The van der Waals surface area contributed by atoms with E-state index in [4.69, 9.17) is 4.74 Å². The molecule has 1 N–H and O–H groups in total. The Morgan fingerprint density at radius 3 is 3.12 bits per heavy atom. The van der Waals surface area contributed by atoms with Crippen LogP contribution in [0.2, 0.25) is 0 Å². The van der Waals surface area contributed by atoms with E-state index in [1.165, 1.54) is 5.69 Å². The largest absolute Gasteiger partial charge is 0.376 e. The van der Waals surface area contributed by atoms with Crippen LogP contribution in [0.4, 0.5) is 0 Å². The summed E-state index contributed by atoms with van der Waals surface area (Å²) in [5.41, 5.74) is 2.29. The summed E-state index contributed by atoms with van der Waals surface area (Å²) in [6.45, 7) is 12.0. The van der Waals surface area contributed by atoms with Crippen molar-refractivity contribution < 1.29 is 4.74 Å². The Morgan fingerprint density at radius 2 is 2.41 bits per heavy atom. The monoisotopic (exact) mass is 237 g/mol. The first-order valence-corrected chi connectivity index (χ1v) is 6.17. The topological polar surface area (TPSA) is 39.1 Å². The van der Waals surface area contributed by atoms with Gasteiger partial charge < -0.3 is 10.1 Å². The second kappa shape index (κ2) is 8.03. The quantitative estimate of drug-likeness (QED) is 0.527. The molecule has 1 aromatic heterocycles. The molecule has 4 nitrogen and oxygen atoms in total. The molecule has 0 radical (unpaired) electrons. The Bertz CT molecular complexity index is 333. The number of ether oxygens (including phenoxy) is 1. The maximum atomic E-state index is 5.41. The molecular weight excluding hydrogens is 214 g/mol. The summed E-state index contributed by atoms with van der Waals surface area (Å²) in [6, 6.07) is 2.05. The van der Waals surface area contributed by atoms with Crippen molar-refractivity contribution >= 4 is 0 Å². The summed E-state index contributed by atoms with van der Waals surface area (Å²) in [5, 5.41) is 7.62. The third-order valence-corrected chi connectivity index (χ3v) is 2.32. The number of rotatable bonds is 9. The Morgan fingerprint density at radius 1 is 1.59 bits per heavy atom. The van der Waals surface area contributed by atoms with Gasteiger partial charge in [0.15, 0.2) is 0 Å². The Balaban J connectivity index is 2.13. The first-order valence-electron chi connectivity index (χ1n) is 6.17. The SMILES string of the molecule is C=C(C)COCCNCc1ccnn1CCC. The third-order valence-electron chi connectivity index (χ3n) is 2.32. The van der Waals surface area contributed by atoms with Gasteiger partial charge in [-0.05, 0) is 19.4 Å². The normalized spacial score (nSPS) is 10.7. The molecule has 0 unspecified atom stereocenters. The summed E-state index contributed by atoms with van der Waals surface area (Å²) >= 11 is 0. The fraction of sp³-hybridized carbons (Fsp3) is 0.615. The van der Waals surface area contributed by atoms with E-state index >= 15 is 0 Å². The number of aromatic nitrogens is 2. The van der Waals surface area contributed by atoms with Gasteiger partial charge in [-0.1, -0.05) is 19.1 Å². The van der Waals surface area contributed by atoms with Gasteiger partial charge in [0, 0.05) is 25.8 Å². The first kappa shape index (κ1) is 13.9. The smallest absolute Gasteiger partial charge is 0.0672 e. The zero-order valence-corrected chi connectivity index (χ0v) is 10.9. The molecule has 0 aliphatic heterocycles. The van der Waals surface area contributed by atoms with E-state index in [1.54, 1.807) is 0 Å². The fourth-order valence-electron chi connectivity index (χ4n) is 1.53. The van der Waals surface area contributed by atoms with Crippen molar-refractivity contribution in [3.05, 3.63) is 30.1 Å². The highest BCUT2D eigenvalue weighted by Crippen LogP contribution is 1.99. The van der Waals surface area contributed by atoms with Crippen molar-refractivity contribution in [1.82, 2.24) is 15.1 Å². The van der Waals surface area contributed by atoms with E-state index in [9.17, 15) is 0 Å². The summed E-state index contributed by atoms with van der Waals surface area (Å²) in [5.74, 6) is 0. The number of hydrogen-bond donors (Lipinski definition) is 1. The van der Waals surface area contributed by atoms with E-state index < -0.39 is 0 Å². The minimum absolute atomic E-state index is 0.648. The van der Waals surface area contributed by atoms with Crippen molar-refractivity contribution in [2.24, 2.45) is 0 Å². The molecule has 1 heterocycles. The minimum Gasteiger partial charge on any atom is -0.376 e. The Hall–Kier alpha value is -1.13.